The molecule has 1 atom stereocenters. The molecule has 0 amide bonds. The van der Waals surface area contributed by atoms with Crippen molar-refractivity contribution in [3.05, 3.63) is 87.3 Å². The summed E-state index contributed by atoms with van der Waals surface area (Å²) in [5.41, 5.74) is 7.04. The number of nitrogens with two attached hydrogens (primary N) is 1. The molecule has 0 saturated carbocycles. The van der Waals surface area contributed by atoms with E-state index < -0.39 is 23.1 Å². The number of carbonyl (C=O) groups excluding carboxylic acids is 1. The van der Waals surface area contributed by atoms with Gasteiger partial charge in [-0.05, 0) is 47.7 Å². The summed E-state index contributed by atoms with van der Waals surface area (Å²) in [6, 6.07) is 13.6. The molecule has 2 aliphatic rings. The molecule has 2 aromatic carbocycles. The number of hydrogen-bond acceptors (Lipinski definition) is 4. The summed E-state index contributed by atoms with van der Waals surface area (Å²) in [7, 11) is 0. The van der Waals surface area contributed by atoms with E-state index in [-0.39, 0.29) is 29.3 Å². The SMILES string of the molecule is CC1(C)CC(=O)C2=C(C1)N(c1cccc(C(F)(F)F)c1)C(N)=C(C#N)[C@@H]2c1ccc(Cl)cc1. The van der Waals surface area contributed by atoms with Gasteiger partial charge in [0.05, 0.1) is 23.1 Å². The molecule has 0 radical (unpaired) electrons. The van der Waals surface area contributed by atoms with Crippen LogP contribution in [0.15, 0.2) is 71.2 Å². The number of hydrogen-bond donors (Lipinski definition) is 1. The van der Waals surface area contributed by atoms with Crippen LogP contribution in [0.25, 0.3) is 0 Å². The zero-order chi connectivity index (χ0) is 24.1. The summed E-state index contributed by atoms with van der Waals surface area (Å²) in [5, 5.41) is 10.5. The van der Waals surface area contributed by atoms with Crippen LogP contribution in [0, 0.1) is 16.7 Å². The minimum Gasteiger partial charge on any atom is -0.384 e. The molecule has 1 heterocycles. The van der Waals surface area contributed by atoms with Gasteiger partial charge in [0.25, 0.3) is 0 Å². The van der Waals surface area contributed by atoms with Crippen LogP contribution in [0.5, 0.6) is 0 Å². The Kier molecular flexibility index (Phi) is 5.53. The topological polar surface area (TPSA) is 70.1 Å². The van der Waals surface area contributed by atoms with Gasteiger partial charge in [-0.15, -0.1) is 0 Å². The molecular weight excluding hydrogens is 451 g/mol. The minimum atomic E-state index is -4.55. The van der Waals surface area contributed by atoms with Gasteiger partial charge in [0.2, 0.25) is 0 Å². The van der Waals surface area contributed by atoms with Gasteiger partial charge >= 0.3 is 6.18 Å². The van der Waals surface area contributed by atoms with E-state index in [0.717, 1.165) is 12.1 Å². The maximum Gasteiger partial charge on any atom is 0.416 e. The van der Waals surface area contributed by atoms with Gasteiger partial charge in [0, 0.05) is 28.4 Å². The summed E-state index contributed by atoms with van der Waals surface area (Å²) >= 11 is 6.03. The summed E-state index contributed by atoms with van der Waals surface area (Å²) in [4.78, 5) is 14.8. The lowest BCUT2D eigenvalue weighted by atomic mass is 9.68. The van der Waals surface area contributed by atoms with Crippen molar-refractivity contribution in [1.29, 1.82) is 5.26 Å². The number of alkyl halides is 3. The fourth-order valence-corrected chi connectivity index (χ4v) is 4.74. The number of nitrogens with zero attached hydrogens (tertiary/aromatic N) is 2. The summed E-state index contributed by atoms with van der Waals surface area (Å²) in [5.74, 6) is -0.854. The first-order valence-corrected chi connectivity index (χ1v) is 10.7. The van der Waals surface area contributed by atoms with Crippen LogP contribution in [0.1, 0.15) is 43.7 Å². The van der Waals surface area contributed by atoms with Crippen LogP contribution in [0.4, 0.5) is 18.9 Å². The number of Topliss-reactive ketones (excluding diaryl/α,β-unsaturated/α-hetero) is 1. The number of anilines is 1. The second-order valence-electron chi connectivity index (χ2n) is 9.08. The van der Waals surface area contributed by atoms with E-state index in [0.29, 0.717) is 28.3 Å². The highest BCUT2D eigenvalue weighted by Crippen LogP contribution is 2.50. The standard InChI is InChI=1S/C25H21ClF3N3O/c1-24(2)11-19-22(20(33)12-24)21(14-6-8-16(26)9-7-14)18(13-30)23(31)32(19)17-5-3-4-15(10-17)25(27,28)29/h3-10,21H,11-12,31H2,1-2H3/t21-/m0/s1. The van der Waals surface area contributed by atoms with Crippen LogP contribution in [0.2, 0.25) is 5.02 Å². The Morgan fingerprint density at radius 3 is 2.42 bits per heavy atom. The molecule has 8 heteroatoms. The normalized spacial score (nSPS) is 20.6. The predicted molar refractivity (Wildman–Crippen MR) is 120 cm³/mol. The maximum absolute atomic E-state index is 13.4. The van der Waals surface area contributed by atoms with Gasteiger partial charge in [-0.2, -0.15) is 18.4 Å². The van der Waals surface area contributed by atoms with E-state index >= 15 is 0 Å². The number of nitriles is 1. The summed E-state index contributed by atoms with van der Waals surface area (Å²) in [6.45, 7) is 3.85. The number of benzene rings is 2. The van der Waals surface area contributed by atoms with Crippen molar-refractivity contribution < 1.29 is 18.0 Å². The highest BCUT2D eigenvalue weighted by molar-refractivity contribution is 6.30. The molecule has 1 aliphatic carbocycles. The zero-order valence-corrected chi connectivity index (χ0v) is 18.8. The van der Waals surface area contributed by atoms with Crippen molar-refractivity contribution >= 4 is 23.1 Å². The molecule has 4 nitrogen and oxygen atoms in total. The zero-order valence-electron chi connectivity index (χ0n) is 18.0. The average molecular weight is 472 g/mol. The van der Waals surface area contributed by atoms with E-state index in [2.05, 4.69) is 6.07 Å². The molecule has 0 saturated heterocycles. The van der Waals surface area contributed by atoms with Crippen LogP contribution in [-0.4, -0.2) is 5.78 Å². The largest absolute Gasteiger partial charge is 0.416 e. The molecule has 0 spiro atoms. The number of carbonyl (C=O) groups is 1. The molecule has 2 N–H and O–H groups in total. The molecule has 2 aromatic rings. The van der Waals surface area contributed by atoms with E-state index in [1.165, 1.54) is 17.0 Å². The lowest BCUT2D eigenvalue weighted by molar-refractivity contribution is -0.137. The third kappa shape index (κ3) is 4.11. The van der Waals surface area contributed by atoms with Gasteiger partial charge in [-0.3, -0.25) is 9.69 Å². The monoisotopic (exact) mass is 471 g/mol. The van der Waals surface area contributed by atoms with E-state index in [4.69, 9.17) is 17.3 Å². The Morgan fingerprint density at radius 1 is 1.15 bits per heavy atom. The number of halogens is 4. The highest BCUT2D eigenvalue weighted by atomic mass is 35.5. The number of allylic oxidation sites excluding steroid dienone is 3. The molecule has 0 unspecified atom stereocenters. The first-order chi connectivity index (χ1) is 15.4. The quantitative estimate of drug-likeness (QED) is 0.558. The van der Waals surface area contributed by atoms with Gasteiger partial charge < -0.3 is 5.73 Å². The fourth-order valence-electron chi connectivity index (χ4n) is 4.61. The van der Waals surface area contributed by atoms with E-state index in [1.807, 2.05) is 13.8 Å². The first kappa shape index (κ1) is 22.9. The average Bonchev–Trinajstić information content (AvgIpc) is 2.72. The Labute approximate surface area is 194 Å². The summed E-state index contributed by atoms with van der Waals surface area (Å²) in [6.07, 6.45) is -3.88. The van der Waals surface area contributed by atoms with Crippen molar-refractivity contribution in [2.45, 2.75) is 38.8 Å². The van der Waals surface area contributed by atoms with Gasteiger partial charge in [-0.25, -0.2) is 0 Å². The molecule has 0 aromatic heterocycles. The molecule has 1 aliphatic heterocycles. The summed E-state index contributed by atoms with van der Waals surface area (Å²) < 4.78 is 40.3. The minimum absolute atomic E-state index is 0.0148. The maximum atomic E-state index is 13.4. The lowest BCUT2D eigenvalue weighted by Gasteiger charge is -2.43. The number of rotatable bonds is 2. The molecule has 0 fully saturated rings. The predicted octanol–water partition coefficient (Wildman–Crippen LogP) is 6.30. The smallest absolute Gasteiger partial charge is 0.384 e. The Bertz CT molecular complexity index is 1240. The molecule has 170 valence electrons. The first-order valence-electron chi connectivity index (χ1n) is 10.3. The lowest BCUT2D eigenvalue weighted by Crippen LogP contribution is -2.42. The van der Waals surface area contributed by atoms with Crippen molar-refractivity contribution in [2.75, 3.05) is 4.90 Å². The Hall–Kier alpha value is -3.24. The van der Waals surface area contributed by atoms with Crippen LogP contribution in [0.3, 0.4) is 0 Å². The second kappa shape index (κ2) is 7.96. The molecule has 4 rings (SSSR count). The van der Waals surface area contributed by atoms with Crippen LogP contribution >= 0.6 is 11.6 Å². The van der Waals surface area contributed by atoms with Crippen molar-refractivity contribution in [3.63, 3.8) is 0 Å². The number of ketones is 1. The Morgan fingerprint density at radius 2 is 1.82 bits per heavy atom. The van der Waals surface area contributed by atoms with E-state index in [9.17, 15) is 23.2 Å². The second-order valence-corrected chi connectivity index (χ2v) is 9.52. The van der Waals surface area contributed by atoms with Crippen molar-refractivity contribution in [1.82, 2.24) is 0 Å². The highest BCUT2D eigenvalue weighted by Gasteiger charge is 2.45. The Balaban J connectivity index is 1.99. The van der Waals surface area contributed by atoms with Gasteiger partial charge in [0.15, 0.2) is 5.78 Å². The fraction of sp³-hybridized carbons (Fsp3) is 0.280. The van der Waals surface area contributed by atoms with Crippen molar-refractivity contribution in [3.8, 4) is 6.07 Å². The van der Waals surface area contributed by atoms with Crippen molar-refractivity contribution in [2.24, 2.45) is 11.1 Å². The van der Waals surface area contributed by atoms with Crippen LogP contribution in [-0.2, 0) is 11.0 Å². The third-order valence-electron chi connectivity index (χ3n) is 6.02. The van der Waals surface area contributed by atoms with Gasteiger partial charge in [-0.1, -0.05) is 43.6 Å². The van der Waals surface area contributed by atoms with Crippen LogP contribution < -0.4 is 10.6 Å². The van der Waals surface area contributed by atoms with Gasteiger partial charge in [0.1, 0.15) is 5.82 Å². The molecular formula is C25H21ClF3N3O. The third-order valence-corrected chi connectivity index (χ3v) is 6.27. The molecule has 33 heavy (non-hydrogen) atoms. The molecule has 0 bridgehead atoms. The van der Waals surface area contributed by atoms with E-state index in [1.54, 1.807) is 24.3 Å².